The highest BCUT2D eigenvalue weighted by atomic mass is 16.3. The summed E-state index contributed by atoms with van der Waals surface area (Å²) in [7, 11) is 0. The molecule has 94 valence electrons. The van der Waals surface area contributed by atoms with E-state index in [2.05, 4.69) is 50.8 Å². The molecule has 1 heterocycles. The number of aliphatic hydroxyl groups excluding tert-OH is 1. The van der Waals surface area contributed by atoms with Crippen molar-refractivity contribution in [2.24, 2.45) is 0 Å². The summed E-state index contributed by atoms with van der Waals surface area (Å²) in [5.41, 5.74) is 4.15. The Balaban J connectivity index is 2.29. The van der Waals surface area contributed by atoms with E-state index >= 15 is 0 Å². The molecule has 0 saturated carbocycles. The Morgan fingerprint density at radius 1 is 1.06 bits per heavy atom. The van der Waals surface area contributed by atoms with E-state index in [0.29, 0.717) is 11.8 Å². The van der Waals surface area contributed by atoms with Gasteiger partial charge in [0.25, 0.3) is 0 Å². The molecule has 0 aliphatic carbocycles. The number of β-amino-alcohol motifs (C(OH)–C–C–N with tert-alkyl or cyclic N) is 1. The zero-order valence-electron chi connectivity index (χ0n) is 11.3. The highest BCUT2D eigenvalue weighted by Crippen LogP contribution is 2.31. The second-order valence-corrected chi connectivity index (χ2v) is 5.68. The van der Waals surface area contributed by atoms with E-state index in [9.17, 15) is 5.11 Å². The van der Waals surface area contributed by atoms with Gasteiger partial charge in [0.05, 0.1) is 6.10 Å². The number of nitrogens with zero attached hydrogens (tertiary/aromatic N) is 1. The molecule has 0 unspecified atom stereocenters. The maximum Gasteiger partial charge on any atom is 0.0889 e. The Hall–Kier alpha value is -1.02. The third-order valence-corrected chi connectivity index (χ3v) is 3.54. The van der Waals surface area contributed by atoms with Gasteiger partial charge < -0.3 is 10.0 Å². The van der Waals surface area contributed by atoms with Crippen LogP contribution >= 0.6 is 0 Å². The van der Waals surface area contributed by atoms with Crippen LogP contribution in [-0.4, -0.2) is 24.3 Å². The molecule has 0 bridgehead atoms. The van der Waals surface area contributed by atoms with E-state index in [1.54, 1.807) is 0 Å². The number of hydrogen-bond donors (Lipinski definition) is 1. The van der Waals surface area contributed by atoms with Crippen LogP contribution in [-0.2, 0) is 0 Å². The van der Waals surface area contributed by atoms with Gasteiger partial charge in [-0.05, 0) is 35.1 Å². The molecule has 2 rings (SSSR count). The van der Waals surface area contributed by atoms with Crippen molar-refractivity contribution in [1.82, 2.24) is 0 Å². The van der Waals surface area contributed by atoms with Gasteiger partial charge in [0.2, 0.25) is 0 Å². The summed E-state index contributed by atoms with van der Waals surface area (Å²) in [5.74, 6) is 1.13. The van der Waals surface area contributed by atoms with Gasteiger partial charge in [-0.1, -0.05) is 33.8 Å². The summed E-state index contributed by atoms with van der Waals surface area (Å²) in [5, 5.41) is 9.36. The average molecular weight is 233 g/mol. The van der Waals surface area contributed by atoms with Crippen LogP contribution in [0.5, 0.6) is 0 Å². The summed E-state index contributed by atoms with van der Waals surface area (Å²) in [6.45, 7) is 10.5. The molecule has 1 saturated heterocycles. The third-order valence-electron chi connectivity index (χ3n) is 3.54. The largest absolute Gasteiger partial charge is 0.389 e. The number of hydrogen-bond acceptors (Lipinski definition) is 2. The minimum atomic E-state index is -0.137. The molecule has 1 fully saturated rings. The first kappa shape index (κ1) is 12.4. The molecule has 0 amide bonds. The first-order chi connectivity index (χ1) is 7.99. The summed E-state index contributed by atoms with van der Waals surface area (Å²) in [4.78, 5) is 2.24. The van der Waals surface area contributed by atoms with Crippen molar-refractivity contribution < 1.29 is 5.11 Å². The lowest BCUT2D eigenvalue weighted by Gasteiger charge is -2.38. The number of rotatable bonds is 3. The van der Waals surface area contributed by atoms with Gasteiger partial charge in [-0.2, -0.15) is 0 Å². The van der Waals surface area contributed by atoms with Crippen molar-refractivity contribution >= 4 is 5.69 Å². The molecule has 0 radical (unpaired) electrons. The normalized spacial score (nSPS) is 16.8. The van der Waals surface area contributed by atoms with Gasteiger partial charge in [0.1, 0.15) is 0 Å². The molecule has 2 heteroatoms. The fourth-order valence-corrected chi connectivity index (χ4v) is 2.45. The molecule has 0 atom stereocenters. The molecule has 1 aromatic carbocycles. The van der Waals surface area contributed by atoms with Crippen LogP contribution < -0.4 is 4.90 Å². The summed E-state index contributed by atoms with van der Waals surface area (Å²) >= 11 is 0. The SMILES string of the molecule is CC(C)c1ccc(N2CC(O)C2)cc1C(C)C. The second kappa shape index (κ2) is 4.69. The zero-order valence-corrected chi connectivity index (χ0v) is 11.3. The van der Waals surface area contributed by atoms with Gasteiger partial charge in [-0.3, -0.25) is 0 Å². The molecule has 0 spiro atoms. The van der Waals surface area contributed by atoms with Crippen molar-refractivity contribution in [3.05, 3.63) is 29.3 Å². The molecule has 1 aromatic rings. The van der Waals surface area contributed by atoms with Crippen LogP contribution in [0.3, 0.4) is 0 Å². The van der Waals surface area contributed by atoms with E-state index in [0.717, 1.165) is 13.1 Å². The number of anilines is 1. The minimum Gasteiger partial charge on any atom is -0.389 e. The predicted molar refractivity (Wildman–Crippen MR) is 72.8 cm³/mol. The van der Waals surface area contributed by atoms with E-state index in [4.69, 9.17) is 0 Å². The van der Waals surface area contributed by atoms with Crippen LogP contribution in [0.2, 0.25) is 0 Å². The Labute approximate surface area is 104 Å². The summed E-state index contributed by atoms with van der Waals surface area (Å²) in [6, 6.07) is 6.74. The molecule has 2 nitrogen and oxygen atoms in total. The molecule has 1 N–H and O–H groups in total. The lowest BCUT2D eigenvalue weighted by molar-refractivity contribution is 0.142. The second-order valence-electron chi connectivity index (χ2n) is 5.68. The molecule has 1 aliphatic rings. The van der Waals surface area contributed by atoms with E-state index < -0.39 is 0 Å². The van der Waals surface area contributed by atoms with Crippen molar-refractivity contribution in [3.63, 3.8) is 0 Å². The number of aliphatic hydroxyl groups is 1. The van der Waals surface area contributed by atoms with Crippen LogP contribution in [0.4, 0.5) is 5.69 Å². The van der Waals surface area contributed by atoms with Crippen molar-refractivity contribution in [3.8, 4) is 0 Å². The Bertz CT molecular complexity index is 392. The first-order valence-corrected chi connectivity index (χ1v) is 6.56. The first-order valence-electron chi connectivity index (χ1n) is 6.56. The van der Waals surface area contributed by atoms with Crippen molar-refractivity contribution in [2.45, 2.75) is 45.6 Å². The Morgan fingerprint density at radius 2 is 1.65 bits per heavy atom. The quantitative estimate of drug-likeness (QED) is 0.867. The standard InChI is InChI=1S/C15H23NO/c1-10(2)14-6-5-12(7-15(14)11(3)4)16-8-13(17)9-16/h5-7,10-11,13,17H,8-9H2,1-4H3. The molecule has 0 aromatic heterocycles. The van der Waals surface area contributed by atoms with Crippen molar-refractivity contribution in [1.29, 1.82) is 0 Å². The lowest BCUT2D eigenvalue weighted by Crippen LogP contribution is -2.50. The fourth-order valence-electron chi connectivity index (χ4n) is 2.45. The third kappa shape index (κ3) is 2.47. The minimum absolute atomic E-state index is 0.137. The highest BCUT2D eigenvalue weighted by Gasteiger charge is 2.25. The maximum absolute atomic E-state index is 9.36. The molecular formula is C15H23NO. The summed E-state index contributed by atoms with van der Waals surface area (Å²) in [6.07, 6.45) is -0.137. The average Bonchev–Trinajstić information content (AvgIpc) is 2.23. The van der Waals surface area contributed by atoms with Crippen molar-refractivity contribution in [2.75, 3.05) is 18.0 Å². The Kier molecular flexibility index (Phi) is 3.43. The monoisotopic (exact) mass is 233 g/mol. The maximum atomic E-state index is 9.36. The van der Waals surface area contributed by atoms with E-state index in [-0.39, 0.29) is 6.10 Å². The van der Waals surface area contributed by atoms with Gasteiger partial charge in [0, 0.05) is 18.8 Å². The molecule has 17 heavy (non-hydrogen) atoms. The van der Waals surface area contributed by atoms with Gasteiger partial charge >= 0.3 is 0 Å². The lowest BCUT2D eigenvalue weighted by atomic mass is 9.90. The van der Waals surface area contributed by atoms with Crippen LogP contribution in [0.25, 0.3) is 0 Å². The fraction of sp³-hybridized carbons (Fsp3) is 0.600. The van der Waals surface area contributed by atoms with Gasteiger partial charge in [-0.15, -0.1) is 0 Å². The Morgan fingerprint density at radius 3 is 2.12 bits per heavy atom. The summed E-state index contributed by atoms with van der Waals surface area (Å²) < 4.78 is 0. The van der Waals surface area contributed by atoms with Crippen LogP contribution in [0, 0.1) is 0 Å². The van der Waals surface area contributed by atoms with E-state index in [1.165, 1.54) is 16.8 Å². The topological polar surface area (TPSA) is 23.5 Å². The van der Waals surface area contributed by atoms with Gasteiger partial charge in [0.15, 0.2) is 0 Å². The number of benzene rings is 1. The smallest absolute Gasteiger partial charge is 0.0889 e. The van der Waals surface area contributed by atoms with E-state index in [1.807, 2.05) is 0 Å². The molecule has 1 aliphatic heterocycles. The van der Waals surface area contributed by atoms with Crippen LogP contribution in [0.15, 0.2) is 18.2 Å². The van der Waals surface area contributed by atoms with Gasteiger partial charge in [-0.25, -0.2) is 0 Å². The van der Waals surface area contributed by atoms with Crippen LogP contribution in [0.1, 0.15) is 50.7 Å². The predicted octanol–water partition coefficient (Wildman–Crippen LogP) is 3.11. The highest BCUT2D eigenvalue weighted by molar-refractivity contribution is 5.54. The molecular weight excluding hydrogens is 210 g/mol. The zero-order chi connectivity index (χ0) is 12.6.